The molecule has 1 fully saturated rings. The van der Waals surface area contributed by atoms with Gasteiger partial charge in [-0.05, 0) is 18.8 Å². The Morgan fingerprint density at radius 3 is 2.92 bits per heavy atom. The SMILES string of the molecule is CC1CC(=O)N(CCCC(N)=S)C1. The first kappa shape index (κ1) is 10.4. The van der Waals surface area contributed by atoms with Crippen LogP contribution in [0.3, 0.4) is 0 Å². The van der Waals surface area contributed by atoms with Gasteiger partial charge in [-0.2, -0.15) is 0 Å². The van der Waals surface area contributed by atoms with Crippen LogP contribution in [0.15, 0.2) is 0 Å². The molecule has 0 aliphatic carbocycles. The molecule has 0 radical (unpaired) electrons. The Kier molecular flexibility index (Phi) is 3.66. The van der Waals surface area contributed by atoms with Crippen LogP contribution in [0, 0.1) is 5.92 Å². The summed E-state index contributed by atoms with van der Waals surface area (Å²) in [7, 11) is 0. The Morgan fingerprint density at radius 1 is 1.77 bits per heavy atom. The van der Waals surface area contributed by atoms with E-state index in [1.807, 2.05) is 4.90 Å². The molecular formula is C9H16N2OS. The summed E-state index contributed by atoms with van der Waals surface area (Å²) in [5, 5.41) is 0. The molecule has 0 saturated carbocycles. The average molecular weight is 200 g/mol. The number of amides is 1. The maximum atomic E-state index is 11.3. The molecule has 0 spiro atoms. The summed E-state index contributed by atoms with van der Waals surface area (Å²) in [5.74, 6) is 0.785. The second kappa shape index (κ2) is 4.56. The largest absolute Gasteiger partial charge is 0.393 e. The van der Waals surface area contributed by atoms with Crippen LogP contribution in [0.25, 0.3) is 0 Å². The molecule has 1 aliphatic rings. The lowest BCUT2D eigenvalue weighted by Gasteiger charge is -2.15. The maximum absolute atomic E-state index is 11.3. The van der Waals surface area contributed by atoms with Crippen molar-refractivity contribution in [1.82, 2.24) is 4.90 Å². The Balaban J connectivity index is 2.22. The normalized spacial score (nSPS) is 22.4. The van der Waals surface area contributed by atoms with Crippen LogP contribution in [0.1, 0.15) is 26.2 Å². The van der Waals surface area contributed by atoms with Gasteiger partial charge in [-0.3, -0.25) is 4.79 Å². The number of rotatable bonds is 4. The molecule has 0 aromatic carbocycles. The third-order valence-electron chi connectivity index (χ3n) is 2.26. The van der Waals surface area contributed by atoms with Crippen LogP contribution >= 0.6 is 12.2 Å². The van der Waals surface area contributed by atoms with Gasteiger partial charge in [-0.1, -0.05) is 19.1 Å². The van der Waals surface area contributed by atoms with Crippen LogP contribution in [0.2, 0.25) is 0 Å². The highest BCUT2D eigenvalue weighted by atomic mass is 32.1. The quantitative estimate of drug-likeness (QED) is 0.686. The van der Waals surface area contributed by atoms with E-state index in [1.54, 1.807) is 0 Å². The summed E-state index contributed by atoms with van der Waals surface area (Å²) >= 11 is 4.76. The standard InChI is InChI=1S/C9H16N2OS/c1-7-5-9(12)11(6-7)4-2-3-8(10)13/h7H,2-6H2,1H3,(H2,10,13). The Morgan fingerprint density at radius 2 is 2.46 bits per heavy atom. The van der Waals surface area contributed by atoms with Crippen molar-refractivity contribution >= 4 is 23.1 Å². The number of nitrogens with zero attached hydrogens (tertiary/aromatic N) is 1. The number of thiocarbonyl (C=S) groups is 1. The second-order valence-electron chi connectivity index (χ2n) is 3.72. The van der Waals surface area contributed by atoms with Crippen molar-refractivity contribution < 1.29 is 4.79 Å². The van der Waals surface area contributed by atoms with Crippen molar-refractivity contribution in [2.45, 2.75) is 26.2 Å². The van der Waals surface area contributed by atoms with E-state index in [0.717, 1.165) is 25.9 Å². The van der Waals surface area contributed by atoms with E-state index in [2.05, 4.69) is 6.92 Å². The Labute approximate surface area is 84.3 Å². The van der Waals surface area contributed by atoms with Gasteiger partial charge in [-0.25, -0.2) is 0 Å². The molecule has 1 saturated heterocycles. The maximum Gasteiger partial charge on any atom is 0.222 e. The smallest absolute Gasteiger partial charge is 0.222 e. The fourth-order valence-corrected chi connectivity index (χ4v) is 1.77. The zero-order valence-electron chi connectivity index (χ0n) is 7.95. The summed E-state index contributed by atoms with van der Waals surface area (Å²) in [5.41, 5.74) is 5.37. The van der Waals surface area contributed by atoms with Crippen LogP contribution in [-0.4, -0.2) is 28.9 Å². The molecule has 0 bridgehead atoms. The molecule has 1 heterocycles. The highest BCUT2D eigenvalue weighted by Gasteiger charge is 2.25. The number of carbonyl (C=O) groups excluding carboxylic acids is 1. The Hall–Kier alpha value is -0.640. The lowest BCUT2D eigenvalue weighted by molar-refractivity contribution is -0.127. The molecular weight excluding hydrogens is 184 g/mol. The summed E-state index contributed by atoms with van der Waals surface area (Å²) in [4.78, 5) is 13.8. The van der Waals surface area contributed by atoms with Gasteiger partial charge >= 0.3 is 0 Å². The minimum absolute atomic E-state index is 0.274. The van der Waals surface area contributed by atoms with Gasteiger partial charge in [0.05, 0.1) is 4.99 Å². The van der Waals surface area contributed by atoms with E-state index >= 15 is 0 Å². The summed E-state index contributed by atoms with van der Waals surface area (Å²) < 4.78 is 0. The van der Waals surface area contributed by atoms with Crippen molar-refractivity contribution in [1.29, 1.82) is 0 Å². The van der Waals surface area contributed by atoms with Crippen molar-refractivity contribution in [3.05, 3.63) is 0 Å². The molecule has 1 aliphatic heterocycles. The van der Waals surface area contributed by atoms with E-state index in [1.165, 1.54) is 0 Å². The average Bonchev–Trinajstić information content (AvgIpc) is 2.29. The third kappa shape index (κ3) is 3.30. The molecule has 1 unspecified atom stereocenters. The van der Waals surface area contributed by atoms with Gasteiger partial charge in [0.2, 0.25) is 5.91 Å². The topological polar surface area (TPSA) is 46.3 Å². The van der Waals surface area contributed by atoms with Gasteiger partial charge in [0.15, 0.2) is 0 Å². The van der Waals surface area contributed by atoms with Gasteiger partial charge in [0.25, 0.3) is 0 Å². The second-order valence-corrected chi connectivity index (χ2v) is 4.24. The number of hydrogen-bond donors (Lipinski definition) is 1. The highest BCUT2D eigenvalue weighted by Crippen LogP contribution is 2.16. The van der Waals surface area contributed by atoms with Crippen molar-refractivity contribution in [3.8, 4) is 0 Å². The first-order valence-electron chi connectivity index (χ1n) is 4.65. The lowest BCUT2D eigenvalue weighted by atomic mass is 10.2. The number of hydrogen-bond acceptors (Lipinski definition) is 2. The molecule has 3 nitrogen and oxygen atoms in total. The van der Waals surface area contributed by atoms with Crippen molar-refractivity contribution in [2.24, 2.45) is 11.7 Å². The lowest BCUT2D eigenvalue weighted by Crippen LogP contribution is -2.26. The van der Waals surface area contributed by atoms with Gasteiger partial charge < -0.3 is 10.6 Å². The minimum Gasteiger partial charge on any atom is -0.393 e. The fourth-order valence-electron chi connectivity index (χ4n) is 1.63. The first-order chi connectivity index (χ1) is 6.09. The van der Waals surface area contributed by atoms with Crippen LogP contribution in [-0.2, 0) is 4.79 Å². The van der Waals surface area contributed by atoms with E-state index in [9.17, 15) is 4.79 Å². The monoisotopic (exact) mass is 200 g/mol. The number of carbonyl (C=O) groups is 1. The molecule has 4 heteroatoms. The zero-order valence-corrected chi connectivity index (χ0v) is 8.77. The highest BCUT2D eigenvalue weighted by molar-refractivity contribution is 7.80. The molecule has 0 aromatic rings. The Bertz CT molecular complexity index is 218. The van der Waals surface area contributed by atoms with E-state index in [-0.39, 0.29) is 5.91 Å². The van der Waals surface area contributed by atoms with Crippen molar-refractivity contribution in [2.75, 3.05) is 13.1 Å². The van der Waals surface area contributed by atoms with E-state index < -0.39 is 0 Å². The number of nitrogens with two attached hydrogens (primary N) is 1. The van der Waals surface area contributed by atoms with Crippen LogP contribution in [0.5, 0.6) is 0 Å². The molecule has 1 atom stereocenters. The molecule has 2 N–H and O–H groups in total. The molecule has 13 heavy (non-hydrogen) atoms. The van der Waals surface area contributed by atoms with Gasteiger partial charge in [-0.15, -0.1) is 0 Å². The van der Waals surface area contributed by atoms with E-state index in [4.69, 9.17) is 18.0 Å². The van der Waals surface area contributed by atoms with E-state index in [0.29, 0.717) is 17.3 Å². The first-order valence-corrected chi connectivity index (χ1v) is 5.06. The molecule has 1 rings (SSSR count). The summed E-state index contributed by atoms with van der Waals surface area (Å²) in [6.07, 6.45) is 2.34. The van der Waals surface area contributed by atoms with Crippen LogP contribution in [0.4, 0.5) is 0 Å². The molecule has 74 valence electrons. The van der Waals surface area contributed by atoms with Crippen molar-refractivity contribution in [3.63, 3.8) is 0 Å². The van der Waals surface area contributed by atoms with Gasteiger partial charge in [0, 0.05) is 19.5 Å². The van der Waals surface area contributed by atoms with Gasteiger partial charge in [0.1, 0.15) is 0 Å². The predicted octanol–water partition coefficient (Wildman–Crippen LogP) is 0.921. The molecule has 0 aromatic heterocycles. The minimum atomic E-state index is 0.274. The summed E-state index contributed by atoms with van der Waals surface area (Å²) in [6, 6.07) is 0. The summed E-state index contributed by atoms with van der Waals surface area (Å²) in [6.45, 7) is 3.81. The molecule has 1 amide bonds. The predicted molar refractivity (Wildman–Crippen MR) is 56.4 cm³/mol. The number of likely N-dealkylation sites (tertiary alicyclic amines) is 1. The third-order valence-corrected chi connectivity index (χ3v) is 2.46. The van der Waals surface area contributed by atoms with Crippen LogP contribution < -0.4 is 5.73 Å². The fraction of sp³-hybridized carbons (Fsp3) is 0.778. The zero-order chi connectivity index (χ0) is 9.84.